The lowest BCUT2D eigenvalue weighted by atomic mass is 9.79. The molecule has 0 aromatic heterocycles. The van der Waals surface area contributed by atoms with Gasteiger partial charge in [0.25, 0.3) is 0 Å². The molecule has 0 N–H and O–H groups in total. The van der Waals surface area contributed by atoms with Gasteiger partial charge >= 0.3 is 0 Å². The Morgan fingerprint density at radius 3 is 2.29 bits per heavy atom. The molecule has 0 unspecified atom stereocenters. The van der Waals surface area contributed by atoms with E-state index in [-0.39, 0.29) is 0 Å². The molecule has 2 aliphatic carbocycles. The van der Waals surface area contributed by atoms with Gasteiger partial charge in [0.2, 0.25) is 0 Å². The quantitative estimate of drug-likeness (QED) is 0.434. The summed E-state index contributed by atoms with van der Waals surface area (Å²) in [6.07, 6.45) is 21.4. The summed E-state index contributed by atoms with van der Waals surface area (Å²) in [4.78, 5) is 0. The Bertz CT molecular complexity index is 704. The van der Waals surface area contributed by atoms with Gasteiger partial charge in [-0.25, -0.2) is 0 Å². The van der Waals surface area contributed by atoms with Crippen LogP contribution in [0.4, 0.5) is 0 Å². The molecular weight excluding hydrogens is 336 g/mol. The van der Waals surface area contributed by atoms with Crippen LogP contribution in [0.5, 0.6) is 0 Å². The van der Waals surface area contributed by atoms with Crippen molar-refractivity contribution in [2.75, 3.05) is 0 Å². The van der Waals surface area contributed by atoms with E-state index < -0.39 is 0 Å². The fraction of sp³-hybridized carbons (Fsp3) is 0.643. The Hall–Kier alpha value is -1.30. The summed E-state index contributed by atoms with van der Waals surface area (Å²) < 4.78 is 0. The van der Waals surface area contributed by atoms with E-state index >= 15 is 0 Å². The van der Waals surface area contributed by atoms with Crippen LogP contribution in [-0.2, 0) is 6.42 Å². The largest absolute Gasteiger partial charge is 0.0785 e. The first-order valence-electron chi connectivity index (χ1n) is 11.9. The van der Waals surface area contributed by atoms with Crippen molar-refractivity contribution in [3.05, 3.63) is 51.6 Å². The smallest absolute Gasteiger partial charge is 0.0213 e. The second kappa shape index (κ2) is 9.95. The molecule has 0 spiro atoms. The molecule has 2 saturated carbocycles. The van der Waals surface area contributed by atoms with Crippen molar-refractivity contribution >= 4 is 6.08 Å². The lowest BCUT2D eigenvalue weighted by molar-refractivity contribution is 0.356. The van der Waals surface area contributed by atoms with Gasteiger partial charge in [-0.2, -0.15) is 0 Å². The summed E-state index contributed by atoms with van der Waals surface area (Å²) in [5.74, 6) is 2.31. The normalized spacial score (nSPS) is 20.0. The average molecular weight is 379 g/mol. The van der Waals surface area contributed by atoms with Crippen LogP contribution in [0.3, 0.4) is 0 Å². The molecule has 0 amide bonds. The maximum absolute atomic E-state index is 2.52. The molecule has 0 aliphatic heterocycles. The molecule has 0 heterocycles. The van der Waals surface area contributed by atoms with E-state index in [0.717, 1.165) is 11.8 Å². The molecule has 0 nitrogen and oxygen atoms in total. The van der Waals surface area contributed by atoms with Crippen LogP contribution in [0, 0.1) is 25.7 Å². The Labute approximate surface area is 174 Å². The molecule has 0 bridgehead atoms. The molecule has 28 heavy (non-hydrogen) atoms. The maximum Gasteiger partial charge on any atom is -0.0213 e. The van der Waals surface area contributed by atoms with Gasteiger partial charge in [0.1, 0.15) is 0 Å². The van der Waals surface area contributed by atoms with Crippen molar-refractivity contribution in [2.45, 2.75) is 105 Å². The van der Waals surface area contributed by atoms with Gasteiger partial charge in [0, 0.05) is 0 Å². The lowest BCUT2D eigenvalue weighted by Crippen LogP contribution is -2.13. The second-order valence-electron chi connectivity index (χ2n) is 9.95. The zero-order valence-corrected chi connectivity index (χ0v) is 19.1. The van der Waals surface area contributed by atoms with E-state index in [2.05, 4.69) is 58.9 Å². The Kier molecular flexibility index (Phi) is 7.61. The standard InChI is InChI=1S/C28H42/c1-20(2)28-22(4)18-26(16-15-21(3)17-24-13-9-10-14-24)27(23(28)5)19-25-11-7-6-8-12-25/h15-18,20,24-25H,6-14,19H2,1-5H3. The monoisotopic (exact) mass is 378 g/mol. The SMILES string of the molecule is CC(C=Cc1cc(C)c(C(C)C)c(C)c1CC1CCCCC1)=CC1CCCC1. The third-order valence-electron chi connectivity index (χ3n) is 7.22. The third kappa shape index (κ3) is 5.40. The average Bonchev–Trinajstić information content (AvgIpc) is 3.16. The van der Waals surface area contributed by atoms with E-state index in [1.54, 1.807) is 16.7 Å². The highest BCUT2D eigenvalue weighted by molar-refractivity contribution is 5.62. The number of benzene rings is 1. The Morgan fingerprint density at radius 2 is 1.64 bits per heavy atom. The van der Waals surface area contributed by atoms with E-state index in [1.165, 1.54) is 80.9 Å². The first-order chi connectivity index (χ1) is 13.5. The molecule has 0 saturated heterocycles. The minimum atomic E-state index is 0.604. The molecule has 2 fully saturated rings. The van der Waals surface area contributed by atoms with Crippen molar-refractivity contribution in [1.82, 2.24) is 0 Å². The van der Waals surface area contributed by atoms with Crippen LogP contribution < -0.4 is 0 Å². The summed E-state index contributed by atoms with van der Waals surface area (Å²) >= 11 is 0. The predicted molar refractivity (Wildman–Crippen MR) is 125 cm³/mol. The number of rotatable bonds is 6. The number of allylic oxidation sites excluding steroid dienone is 3. The zero-order valence-electron chi connectivity index (χ0n) is 19.1. The molecule has 1 aromatic rings. The second-order valence-corrected chi connectivity index (χ2v) is 9.95. The summed E-state index contributed by atoms with van der Waals surface area (Å²) in [7, 11) is 0. The van der Waals surface area contributed by atoms with Gasteiger partial charge in [-0.05, 0) is 85.6 Å². The van der Waals surface area contributed by atoms with E-state index in [1.807, 2.05) is 0 Å². The van der Waals surface area contributed by atoms with Gasteiger partial charge in [-0.15, -0.1) is 0 Å². The van der Waals surface area contributed by atoms with Crippen molar-refractivity contribution in [3.63, 3.8) is 0 Å². The van der Waals surface area contributed by atoms with Crippen LogP contribution in [0.1, 0.15) is 112 Å². The van der Waals surface area contributed by atoms with E-state index in [4.69, 9.17) is 0 Å². The van der Waals surface area contributed by atoms with Crippen LogP contribution in [-0.4, -0.2) is 0 Å². The lowest BCUT2D eigenvalue weighted by Gasteiger charge is -2.26. The first kappa shape index (κ1) is 21.4. The molecule has 3 rings (SSSR count). The summed E-state index contributed by atoms with van der Waals surface area (Å²) in [5.41, 5.74) is 9.17. The number of aryl methyl sites for hydroxylation is 1. The van der Waals surface area contributed by atoms with Crippen LogP contribution >= 0.6 is 0 Å². The molecule has 2 aliphatic rings. The van der Waals surface area contributed by atoms with Crippen LogP contribution in [0.2, 0.25) is 0 Å². The highest BCUT2D eigenvalue weighted by Crippen LogP contribution is 2.34. The Morgan fingerprint density at radius 1 is 1.00 bits per heavy atom. The summed E-state index contributed by atoms with van der Waals surface area (Å²) in [6.45, 7) is 11.7. The molecule has 0 atom stereocenters. The predicted octanol–water partition coefficient (Wildman–Crippen LogP) is 8.70. The third-order valence-corrected chi connectivity index (χ3v) is 7.22. The highest BCUT2D eigenvalue weighted by atomic mass is 14.2. The number of hydrogen-bond donors (Lipinski definition) is 0. The minimum absolute atomic E-state index is 0.604. The van der Waals surface area contributed by atoms with Crippen LogP contribution in [0.15, 0.2) is 23.8 Å². The fourth-order valence-corrected chi connectivity index (χ4v) is 5.83. The maximum atomic E-state index is 2.52. The van der Waals surface area contributed by atoms with Crippen molar-refractivity contribution in [1.29, 1.82) is 0 Å². The number of hydrogen-bond acceptors (Lipinski definition) is 0. The molecule has 0 radical (unpaired) electrons. The summed E-state index contributed by atoms with van der Waals surface area (Å²) in [5, 5.41) is 0. The summed E-state index contributed by atoms with van der Waals surface area (Å²) in [6, 6.07) is 2.47. The molecule has 154 valence electrons. The van der Waals surface area contributed by atoms with Crippen LogP contribution in [0.25, 0.3) is 6.08 Å². The first-order valence-corrected chi connectivity index (χ1v) is 11.9. The van der Waals surface area contributed by atoms with Crippen molar-refractivity contribution in [3.8, 4) is 0 Å². The van der Waals surface area contributed by atoms with Gasteiger partial charge in [0.15, 0.2) is 0 Å². The van der Waals surface area contributed by atoms with Crippen molar-refractivity contribution in [2.24, 2.45) is 11.8 Å². The Balaban J connectivity index is 1.90. The van der Waals surface area contributed by atoms with Gasteiger partial charge in [0.05, 0.1) is 0 Å². The topological polar surface area (TPSA) is 0 Å². The molecular formula is C28H42. The van der Waals surface area contributed by atoms with Gasteiger partial charge in [-0.3, -0.25) is 0 Å². The van der Waals surface area contributed by atoms with Gasteiger partial charge < -0.3 is 0 Å². The van der Waals surface area contributed by atoms with E-state index in [9.17, 15) is 0 Å². The van der Waals surface area contributed by atoms with E-state index in [0.29, 0.717) is 5.92 Å². The molecule has 1 aromatic carbocycles. The van der Waals surface area contributed by atoms with Crippen molar-refractivity contribution < 1.29 is 0 Å². The highest BCUT2D eigenvalue weighted by Gasteiger charge is 2.20. The minimum Gasteiger partial charge on any atom is -0.0785 e. The molecule has 0 heteroatoms. The van der Waals surface area contributed by atoms with Gasteiger partial charge in [-0.1, -0.05) is 88.7 Å². The zero-order chi connectivity index (χ0) is 20.1. The fourth-order valence-electron chi connectivity index (χ4n) is 5.83.